The van der Waals surface area contributed by atoms with Gasteiger partial charge >= 0.3 is 0 Å². The van der Waals surface area contributed by atoms with Gasteiger partial charge in [-0.25, -0.2) is 0 Å². The molecule has 0 heterocycles. The maximum absolute atomic E-state index is 12.0. The van der Waals surface area contributed by atoms with Crippen molar-refractivity contribution in [2.24, 2.45) is 4.99 Å². The summed E-state index contributed by atoms with van der Waals surface area (Å²) in [6.07, 6.45) is 0.914. The summed E-state index contributed by atoms with van der Waals surface area (Å²) in [6.45, 7) is 5.27. The summed E-state index contributed by atoms with van der Waals surface area (Å²) in [5.41, 5.74) is 0.479. The second-order valence-corrected chi connectivity index (χ2v) is 5.12. The summed E-state index contributed by atoms with van der Waals surface area (Å²) >= 11 is 5.98. The molecule has 0 radical (unpaired) electrons. The lowest BCUT2D eigenvalue weighted by molar-refractivity contribution is 0.0954. The molecule has 0 saturated heterocycles. The first-order chi connectivity index (χ1) is 11.2. The van der Waals surface area contributed by atoms with E-state index in [1.165, 1.54) is 0 Å². The molecule has 1 aromatic carbocycles. The van der Waals surface area contributed by atoms with Crippen molar-refractivity contribution in [2.45, 2.75) is 13.3 Å². The van der Waals surface area contributed by atoms with Crippen molar-refractivity contribution in [1.82, 2.24) is 16.0 Å². The van der Waals surface area contributed by atoms with E-state index in [4.69, 9.17) is 16.3 Å². The first-order valence-electron chi connectivity index (χ1n) is 7.74. The van der Waals surface area contributed by atoms with Crippen LogP contribution in [-0.4, -0.2) is 51.8 Å². The van der Waals surface area contributed by atoms with Crippen LogP contribution in [0.5, 0.6) is 0 Å². The van der Waals surface area contributed by atoms with Crippen LogP contribution in [0.15, 0.2) is 29.3 Å². The standard InChI is InChI=1S/C16H25ClN4O2/c1-3-23-12-6-9-20-16(18-2)21-11-10-19-15(22)13-7-4-5-8-14(13)17/h4-5,7-8H,3,6,9-12H2,1-2H3,(H,19,22)(H2,18,20,21). The van der Waals surface area contributed by atoms with Gasteiger partial charge in [0.2, 0.25) is 0 Å². The Kier molecular flexibility index (Phi) is 9.83. The van der Waals surface area contributed by atoms with Crippen LogP contribution in [-0.2, 0) is 4.74 Å². The molecule has 7 heteroatoms. The Hall–Kier alpha value is -1.79. The molecule has 1 aromatic rings. The number of nitrogens with zero attached hydrogens (tertiary/aromatic N) is 1. The third kappa shape index (κ3) is 7.85. The Bertz CT molecular complexity index is 509. The lowest BCUT2D eigenvalue weighted by Crippen LogP contribution is -2.42. The number of amides is 1. The summed E-state index contributed by atoms with van der Waals surface area (Å²) in [6, 6.07) is 6.97. The van der Waals surface area contributed by atoms with Gasteiger partial charge in [-0.1, -0.05) is 23.7 Å². The van der Waals surface area contributed by atoms with E-state index in [1.54, 1.807) is 31.3 Å². The number of guanidine groups is 1. The van der Waals surface area contributed by atoms with Crippen LogP contribution in [0.3, 0.4) is 0 Å². The van der Waals surface area contributed by atoms with Crippen molar-refractivity contribution < 1.29 is 9.53 Å². The predicted octanol–water partition coefficient (Wildman–Crippen LogP) is 1.66. The van der Waals surface area contributed by atoms with Gasteiger partial charge < -0.3 is 20.7 Å². The second-order valence-electron chi connectivity index (χ2n) is 4.71. The number of hydrogen-bond acceptors (Lipinski definition) is 3. The number of hydrogen-bond donors (Lipinski definition) is 3. The fraction of sp³-hybridized carbons (Fsp3) is 0.500. The molecule has 0 atom stereocenters. The molecule has 1 amide bonds. The lowest BCUT2D eigenvalue weighted by atomic mass is 10.2. The number of carbonyl (C=O) groups excluding carboxylic acids is 1. The molecular weight excluding hydrogens is 316 g/mol. The van der Waals surface area contributed by atoms with Gasteiger partial charge in [0.05, 0.1) is 10.6 Å². The topological polar surface area (TPSA) is 74.8 Å². The molecule has 0 saturated carbocycles. The van der Waals surface area contributed by atoms with Gasteiger partial charge in [0.25, 0.3) is 5.91 Å². The highest BCUT2D eigenvalue weighted by Gasteiger charge is 2.08. The average Bonchev–Trinajstić information content (AvgIpc) is 2.56. The first kappa shape index (κ1) is 19.3. The average molecular weight is 341 g/mol. The summed E-state index contributed by atoms with van der Waals surface area (Å²) in [4.78, 5) is 16.1. The minimum Gasteiger partial charge on any atom is -0.382 e. The molecule has 0 bridgehead atoms. The van der Waals surface area contributed by atoms with Gasteiger partial charge in [-0.2, -0.15) is 0 Å². The summed E-state index contributed by atoms with van der Waals surface area (Å²) in [7, 11) is 1.71. The highest BCUT2D eigenvalue weighted by Crippen LogP contribution is 2.14. The smallest absolute Gasteiger partial charge is 0.252 e. The molecule has 23 heavy (non-hydrogen) atoms. The monoisotopic (exact) mass is 340 g/mol. The maximum atomic E-state index is 12.0. The fourth-order valence-electron chi connectivity index (χ4n) is 1.84. The van der Waals surface area contributed by atoms with Crippen molar-refractivity contribution in [1.29, 1.82) is 0 Å². The van der Waals surface area contributed by atoms with Crippen molar-refractivity contribution in [2.75, 3.05) is 39.9 Å². The van der Waals surface area contributed by atoms with Crippen LogP contribution in [0.1, 0.15) is 23.7 Å². The van der Waals surface area contributed by atoms with Crippen LogP contribution in [0.4, 0.5) is 0 Å². The van der Waals surface area contributed by atoms with E-state index < -0.39 is 0 Å². The van der Waals surface area contributed by atoms with Crippen molar-refractivity contribution >= 4 is 23.5 Å². The SMILES string of the molecule is CCOCCCNC(=NC)NCCNC(=O)c1ccccc1Cl. The Morgan fingerprint density at radius 3 is 2.57 bits per heavy atom. The number of ether oxygens (including phenoxy) is 1. The van der Waals surface area contributed by atoms with Gasteiger partial charge in [0.1, 0.15) is 0 Å². The van der Waals surface area contributed by atoms with Crippen molar-refractivity contribution in [3.8, 4) is 0 Å². The van der Waals surface area contributed by atoms with E-state index in [0.717, 1.165) is 26.2 Å². The van der Waals surface area contributed by atoms with Gasteiger partial charge in [0.15, 0.2) is 5.96 Å². The summed E-state index contributed by atoms with van der Waals surface area (Å²) in [5.74, 6) is 0.519. The molecule has 0 unspecified atom stereocenters. The van der Waals surface area contributed by atoms with E-state index in [-0.39, 0.29) is 5.91 Å². The van der Waals surface area contributed by atoms with Crippen LogP contribution < -0.4 is 16.0 Å². The molecule has 6 nitrogen and oxygen atoms in total. The molecule has 0 fully saturated rings. The highest BCUT2D eigenvalue weighted by molar-refractivity contribution is 6.33. The number of carbonyl (C=O) groups is 1. The van der Waals surface area contributed by atoms with Crippen LogP contribution in [0.25, 0.3) is 0 Å². The third-order valence-corrected chi connectivity index (χ3v) is 3.34. The summed E-state index contributed by atoms with van der Waals surface area (Å²) in [5, 5.41) is 9.58. The van der Waals surface area contributed by atoms with Crippen LogP contribution in [0, 0.1) is 0 Å². The van der Waals surface area contributed by atoms with E-state index in [1.807, 2.05) is 6.92 Å². The van der Waals surface area contributed by atoms with Gasteiger partial charge in [0, 0.05) is 39.9 Å². The molecule has 0 aliphatic carbocycles. The minimum atomic E-state index is -0.183. The number of nitrogens with one attached hydrogen (secondary N) is 3. The Balaban J connectivity index is 2.20. The molecular formula is C16H25ClN4O2. The number of rotatable bonds is 9. The van der Waals surface area contributed by atoms with Crippen LogP contribution >= 0.6 is 11.6 Å². The van der Waals surface area contributed by atoms with Gasteiger partial charge in [-0.3, -0.25) is 9.79 Å². The Morgan fingerprint density at radius 1 is 1.17 bits per heavy atom. The van der Waals surface area contributed by atoms with Gasteiger partial charge in [-0.15, -0.1) is 0 Å². The molecule has 3 N–H and O–H groups in total. The fourth-order valence-corrected chi connectivity index (χ4v) is 2.07. The maximum Gasteiger partial charge on any atom is 0.252 e. The number of benzene rings is 1. The molecule has 0 aliphatic rings. The van der Waals surface area contributed by atoms with Crippen molar-refractivity contribution in [3.63, 3.8) is 0 Å². The van der Waals surface area contributed by atoms with Gasteiger partial charge in [-0.05, 0) is 25.5 Å². The molecule has 0 aliphatic heterocycles. The van der Waals surface area contributed by atoms with Crippen LogP contribution in [0.2, 0.25) is 5.02 Å². The normalized spacial score (nSPS) is 11.2. The zero-order valence-corrected chi connectivity index (χ0v) is 14.4. The molecule has 0 aromatic heterocycles. The van der Waals surface area contributed by atoms with E-state index >= 15 is 0 Å². The largest absolute Gasteiger partial charge is 0.382 e. The molecule has 0 spiro atoms. The second kappa shape index (κ2) is 11.7. The Labute approximate surface area is 142 Å². The Morgan fingerprint density at radius 2 is 1.87 bits per heavy atom. The van der Waals surface area contributed by atoms with Crippen molar-refractivity contribution in [3.05, 3.63) is 34.9 Å². The lowest BCUT2D eigenvalue weighted by Gasteiger charge is -2.12. The quantitative estimate of drug-likeness (QED) is 0.363. The van der Waals surface area contributed by atoms with E-state index in [2.05, 4.69) is 20.9 Å². The molecule has 1 rings (SSSR count). The molecule has 128 valence electrons. The first-order valence-corrected chi connectivity index (χ1v) is 8.11. The highest BCUT2D eigenvalue weighted by atomic mass is 35.5. The third-order valence-electron chi connectivity index (χ3n) is 3.01. The predicted molar refractivity (Wildman–Crippen MR) is 94.3 cm³/mol. The number of halogens is 1. The number of aliphatic imine (C=N–C) groups is 1. The zero-order valence-electron chi connectivity index (χ0n) is 13.7. The van der Waals surface area contributed by atoms with E-state index in [0.29, 0.717) is 29.6 Å². The minimum absolute atomic E-state index is 0.183. The zero-order chi connectivity index (χ0) is 16.9. The summed E-state index contributed by atoms with van der Waals surface area (Å²) < 4.78 is 5.27. The van der Waals surface area contributed by atoms with E-state index in [9.17, 15) is 4.79 Å².